The highest BCUT2D eigenvalue weighted by Gasteiger charge is 2.06. The van der Waals surface area contributed by atoms with Crippen LogP contribution in [0, 0.1) is 6.92 Å². The maximum absolute atomic E-state index is 11.6. The van der Waals surface area contributed by atoms with Crippen LogP contribution < -0.4 is 10.9 Å². The Morgan fingerprint density at radius 3 is 2.35 bits per heavy atom. The van der Waals surface area contributed by atoms with Crippen LogP contribution in [0.3, 0.4) is 0 Å². The summed E-state index contributed by atoms with van der Waals surface area (Å²) >= 11 is 0. The minimum atomic E-state index is -0.296. The van der Waals surface area contributed by atoms with Gasteiger partial charge in [0.2, 0.25) is 5.91 Å². The summed E-state index contributed by atoms with van der Waals surface area (Å²) in [7, 11) is 0. The summed E-state index contributed by atoms with van der Waals surface area (Å²) in [5, 5.41) is 0. The van der Waals surface area contributed by atoms with Crippen molar-refractivity contribution in [3.63, 3.8) is 0 Å². The van der Waals surface area contributed by atoms with E-state index in [2.05, 4.69) is 10.9 Å². The van der Waals surface area contributed by atoms with Crippen LogP contribution in [-0.4, -0.2) is 11.8 Å². The molecule has 0 aromatic heterocycles. The van der Waals surface area contributed by atoms with Crippen molar-refractivity contribution in [2.45, 2.75) is 33.1 Å². The molecule has 0 fully saturated rings. The topological polar surface area (TPSA) is 58.2 Å². The molecular formula is C13H18N2O2. The van der Waals surface area contributed by atoms with E-state index >= 15 is 0 Å². The summed E-state index contributed by atoms with van der Waals surface area (Å²) in [6.45, 7) is 3.96. The number of nitrogens with one attached hydrogen (secondary N) is 2. The van der Waals surface area contributed by atoms with Crippen molar-refractivity contribution in [3.05, 3.63) is 35.4 Å². The number of unbranched alkanes of at least 4 members (excludes halogenated alkanes) is 1. The fraction of sp³-hybridized carbons (Fsp3) is 0.385. The first-order valence-corrected chi connectivity index (χ1v) is 5.79. The zero-order valence-electron chi connectivity index (χ0n) is 10.2. The van der Waals surface area contributed by atoms with Gasteiger partial charge in [0.05, 0.1) is 0 Å². The molecule has 17 heavy (non-hydrogen) atoms. The van der Waals surface area contributed by atoms with E-state index in [0.717, 1.165) is 18.4 Å². The molecule has 0 bridgehead atoms. The second kappa shape index (κ2) is 6.68. The minimum absolute atomic E-state index is 0.160. The number of hydrazine groups is 1. The molecule has 0 unspecified atom stereocenters. The third kappa shape index (κ3) is 4.68. The van der Waals surface area contributed by atoms with Gasteiger partial charge in [0, 0.05) is 12.0 Å². The molecule has 0 saturated carbocycles. The molecule has 0 aliphatic heterocycles. The molecule has 2 amide bonds. The van der Waals surface area contributed by atoms with Gasteiger partial charge in [-0.3, -0.25) is 20.4 Å². The number of carbonyl (C=O) groups is 2. The molecule has 92 valence electrons. The van der Waals surface area contributed by atoms with Crippen LogP contribution in [0.5, 0.6) is 0 Å². The Labute approximate surface area is 101 Å². The second-order valence-electron chi connectivity index (χ2n) is 3.97. The van der Waals surface area contributed by atoms with Gasteiger partial charge in [-0.2, -0.15) is 0 Å². The van der Waals surface area contributed by atoms with Crippen LogP contribution in [0.25, 0.3) is 0 Å². The summed E-state index contributed by atoms with van der Waals surface area (Å²) in [5.41, 5.74) is 6.41. The Morgan fingerprint density at radius 2 is 1.76 bits per heavy atom. The van der Waals surface area contributed by atoms with E-state index in [1.54, 1.807) is 12.1 Å². The third-order valence-electron chi connectivity index (χ3n) is 2.39. The van der Waals surface area contributed by atoms with Crippen molar-refractivity contribution < 1.29 is 9.59 Å². The predicted octanol–water partition coefficient (Wildman–Crippen LogP) is 1.95. The van der Waals surface area contributed by atoms with Crippen molar-refractivity contribution in [2.24, 2.45) is 0 Å². The lowest BCUT2D eigenvalue weighted by molar-refractivity contribution is -0.121. The molecule has 0 saturated heterocycles. The van der Waals surface area contributed by atoms with E-state index in [0.29, 0.717) is 12.0 Å². The van der Waals surface area contributed by atoms with Gasteiger partial charge in [-0.25, -0.2) is 0 Å². The molecule has 0 heterocycles. The Bertz CT molecular complexity index is 385. The zero-order valence-corrected chi connectivity index (χ0v) is 10.2. The summed E-state index contributed by atoms with van der Waals surface area (Å²) in [6.07, 6.45) is 2.22. The van der Waals surface area contributed by atoms with Gasteiger partial charge in [0.15, 0.2) is 0 Å². The summed E-state index contributed by atoms with van der Waals surface area (Å²) in [5.74, 6) is -0.456. The molecule has 2 N–H and O–H groups in total. The summed E-state index contributed by atoms with van der Waals surface area (Å²) in [4.78, 5) is 22.9. The molecule has 0 spiro atoms. The Morgan fingerprint density at radius 1 is 1.12 bits per heavy atom. The Balaban J connectivity index is 2.39. The molecular weight excluding hydrogens is 216 g/mol. The fourth-order valence-electron chi connectivity index (χ4n) is 1.30. The van der Waals surface area contributed by atoms with E-state index in [-0.39, 0.29) is 11.8 Å². The van der Waals surface area contributed by atoms with E-state index in [4.69, 9.17) is 0 Å². The standard InChI is InChI=1S/C13H18N2O2/c1-3-4-5-12(16)14-15-13(17)11-8-6-10(2)7-9-11/h6-9H,3-5H2,1-2H3,(H,14,16)(H,15,17). The van der Waals surface area contributed by atoms with E-state index in [1.807, 2.05) is 26.0 Å². The average molecular weight is 234 g/mol. The van der Waals surface area contributed by atoms with Crippen LogP contribution >= 0.6 is 0 Å². The van der Waals surface area contributed by atoms with Gasteiger partial charge < -0.3 is 0 Å². The van der Waals surface area contributed by atoms with Crippen LogP contribution in [0.15, 0.2) is 24.3 Å². The molecule has 4 heteroatoms. The largest absolute Gasteiger partial charge is 0.273 e. The second-order valence-corrected chi connectivity index (χ2v) is 3.97. The number of rotatable bonds is 4. The quantitative estimate of drug-likeness (QED) is 0.782. The van der Waals surface area contributed by atoms with Gasteiger partial charge in [-0.15, -0.1) is 0 Å². The number of benzene rings is 1. The normalized spacial score (nSPS) is 9.76. The van der Waals surface area contributed by atoms with E-state index < -0.39 is 0 Å². The molecule has 4 nitrogen and oxygen atoms in total. The van der Waals surface area contributed by atoms with Gasteiger partial charge in [0.25, 0.3) is 5.91 Å². The van der Waals surface area contributed by atoms with Crippen LogP contribution in [0.1, 0.15) is 42.1 Å². The predicted molar refractivity (Wildman–Crippen MR) is 66.3 cm³/mol. The first kappa shape index (κ1) is 13.2. The molecule has 0 radical (unpaired) electrons. The van der Waals surface area contributed by atoms with E-state index in [1.165, 1.54) is 0 Å². The minimum Gasteiger partial charge on any atom is -0.273 e. The van der Waals surface area contributed by atoms with Gasteiger partial charge in [0.1, 0.15) is 0 Å². The number of aryl methyl sites for hydroxylation is 1. The van der Waals surface area contributed by atoms with Crippen molar-refractivity contribution >= 4 is 11.8 Å². The van der Waals surface area contributed by atoms with Crippen molar-refractivity contribution in [2.75, 3.05) is 0 Å². The number of carbonyl (C=O) groups excluding carboxylic acids is 2. The molecule has 0 aliphatic rings. The molecule has 0 atom stereocenters. The van der Waals surface area contributed by atoms with Crippen molar-refractivity contribution in [3.8, 4) is 0 Å². The van der Waals surface area contributed by atoms with Crippen LogP contribution in [0.4, 0.5) is 0 Å². The number of hydrogen-bond donors (Lipinski definition) is 2. The molecule has 1 aromatic carbocycles. The maximum atomic E-state index is 11.6. The summed E-state index contributed by atoms with van der Waals surface area (Å²) < 4.78 is 0. The molecule has 0 aliphatic carbocycles. The molecule has 1 rings (SSSR count). The van der Waals surface area contributed by atoms with Gasteiger partial charge in [-0.05, 0) is 25.5 Å². The van der Waals surface area contributed by atoms with Gasteiger partial charge >= 0.3 is 0 Å². The third-order valence-corrected chi connectivity index (χ3v) is 2.39. The highest BCUT2D eigenvalue weighted by Crippen LogP contribution is 2.02. The first-order valence-electron chi connectivity index (χ1n) is 5.79. The Hall–Kier alpha value is -1.84. The van der Waals surface area contributed by atoms with Crippen LogP contribution in [-0.2, 0) is 4.79 Å². The first-order chi connectivity index (χ1) is 8.13. The lowest BCUT2D eigenvalue weighted by Gasteiger charge is -2.07. The van der Waals surface area contributed by atoms with Crippen molar-refractivity contribution in [1.29, 1.82) is 0 Å². The smallest absolute Gasteiger partial charge is 0.269 e. The van der Waals surface area contributed by atoms with E-state index in [9.17, 15) is 9.59 Å². The zero-order chi connectivity index (χ0) is 12.7. The highest BCUT2D eigenvalue weighted by atomic mass is 16.2. The number of hydrogen-bond acceptors (Lipinski definition) is 2. The Kier molecular flexibility index (Phi) is 5.20. The van der Waals surface area contributed by atoms with Crippen LogP contribution in [0.2, 0.25) is 0 Å². The summed E-state index contributed by atoms with van der Waals surface area (Å²) in [6, 6.07) is 7.16. The SMILES string of the molecule is CCCCC(=O)NNC(=O)c1ccc(C)cc1. The average Bonchev–Trinajstić information content (AvgIpc) is 2.34. The number of amides is 2. The molecule has 1 aromatic rings. The fourth-order valence-corrected chi connectivity index (χ4v) is 1.30. The van der Waals surface area contributed by atoms with Crippen molar-refractivity contribution in [1.82, 2.24) is 10.9 Å². The lowest BCUT2D eigenvalue weighted by atomic mass is 10.1. The monoisotopic (exact) mass is 234 g/mol. The van der Waals surface area contributed by atoms with Gasteiger partial charge in [-0.1, -0.05) is 31.0 Å². The highest BCUT2D eigenvalue weighted by molar-refractivity contribution is 5.95. The lowest BCUT2D eigenvalue weighted by Crippen LogP contribution is -2.41. The maximum Gasteiger partial charge on any atom is 0.269 e.